The molecule has 1 aromatic carbocycles. The van der Waals surface area contributed by atoms with Gasteiger partial charge in [0, 0.05) is 19.0 Å². The van der Waals surface area contributed by atoms with Crippen LogP contribution in [-0.2, 0) is 0 Å². The number of benzene rings is 1. The highest BCUT2D eigenvalue weighted by molar-refractivity contribution is 5.60. The van der Waals surface area contributed by atoms with Crippen LogP contribution in [0, 0.1) is 24.2 Å². The maximum absolute atomic E-state index is 8.90. The van der Waals surface area contributed by atoms with Crippen molar-refractivity contribution in [2.45, 2.75) is 19.8 Å². The third-order valence-corrected chi connectivity index (χ3v) is 3.35. The highest BCUT2D eigenvalue weighted by atomic mass is 16.5. The second-order valence-electron chi connectivity index (χ2n) is 4.57. The van der Waals surface area contributed by atoms with E-state index in [0.29, 0.717) is 0 Å². The van der Waals surface area contributed by atoms with Gasteiger partial charge in [-0.15, -0.1) is 0 Å². The number of hydrogen-bond acceptors (Lipinski definition) is 3. The average molecular weight is 230 g/mol. The van der Waals surface area contributed by atoms with Crippen LogP contribution in [0.4, 0.5) is 5.69 Å². The maximum atomic E-state index is 8.90. The Morgan fingerprint density at radius 2 is 2.06 bits per heavy atom. The molecule has 90 valence electrons. The summed E-state index contributed by atoms with van der Waals surface area (Å²) in [5, 5.41) is 8.90. The summed E-state index contributed by atoms with van der Waals surface area (Å²) in [6, 6.07) is 8.59. The molecule has 1 aliphatic heterocycles. The van der Waals surface area contributed by atoms with Gasteiger partial charge >= 0.3 is 0 Å². The van der Waals surface area contributed by atoms with E-state index >= 15 is 0 Å². The number of nitrogens with zero attached hydrogens (tertiary/aromatic N) is 2. The van der Waals surface area contributed by atoms with Gasteiger partial charge < -0.3 is 9.64 Å². The minimum atomic E-state index is 0.224. The summed E-state index contributed by atoms with van der Waals surface area (Å²) in [4.78, 5) is 2.32. The van der Waals surface area contributed by atoms with Gasteiger partial charge in [-0.1, -0.05) is 6.07 Å². The lowest BCUT2D eigenvalue weighted by Gasteiger charge is -2.32. The number of aryl methyl sites for hydroxylation is 1. The van der Waals surface area contributed by atoms with Crippen LogP contribution in [0.15, 0.2) is 18.2 Å². The molecule has 1 saturated heterocycles. The number of methoxy groups -OCH3 is 1. The summed E-state index contributed by atoms with van der Waals surface area (Å²) < 4.78 is 5.40. The predicted molar refractivity (Wildman–Crippen MR) is 68.3 cm³/mol. The Bertz CT molecular complexity index is 428. The molecule has 0 bridgehead atoms. The normalized spacial score (nSPS) is 16.6. The largest absolute Gasteiger partial charge is 0.495 e. The summed E-state index contributed by atoms with van der Waals surface area (Å²) in [6.45, 7) is 3.97. The van der Waals surface area contributed by atoms with Crippen LogP contribution in [0.25, 0.3) is 0 Å². The molecule has 1 heterocycles. The van der Waals surface area contributed by atoms with Crippen molar-refractivity contribution in [1.29, 1.82) is 5.26 Å². The number of hydrogen-bond donors (Lipinski definition) is 0. The van der Waals surface area contributed by atoms with Gasteiger partial charge in [0.05, 0.1) is 18.9 Å². The molecule has 0 spiro atoms. The van der Waals surface area contributed by atoms with Crippen LogP contribution >= 0.6 is 0 Å². The van der Waals surface area contributed by atoms with Gasteiger partial charge in [-0.05, 0) is 37.5 Å². The first-order valence-electron chi connectivity index (χ1n) is 6.04. The van der Waals surface area contributed by atoms with Gasteiger partial charge in [0.2, 0.25) is 0 Å². The van der Waals surface area contributed by atoms with Gasteiger partial charge in [-0.2, -0.15) is 5.26 Å². The monoisotopic (exact) mass is 230 g/mol. The van der Waals surface area contributed by atoms with E-state index in [4.69, 9.17) is 10.00 Å². The number of nitriles is 1. The Labute approximate surface area is 103 Å². The molecule has 2 rings (SSSR count). The summed E-state index contributed by atoms with van der Waals surface area (Å²) in [7, 11) is 1.70. The van der Waals surface area contributed by atoms with Gasteiger partial charge in [0.15, 0.2) is 0 Å². The number of anilines is 1. The first-order chi connectivity index (χ1) is 8.24. The van der Waals surface area contributed by atoms with E-state index in [0.717, 1.165) is 37.4 Å². The van der Waals surface area contributed by atoms with Gasteiger partial charge in [0.1, 0.15) is 5.75 Å². The van der Waals surface area contributed by atoms with E-state index in [1.807, 2.05) is 6.07 Å². The van der Waals surface area contributed by atoms with Crippen LogP contribution in [-0.4, -0.2) is 20.2 Å². The fourth-order valence-corrected chi connectivity index (χ4v) is 2.30. The van der Waals surface area contributed by atoms with Crippen molar-refractivity contribution in [3.05, 3.63) is 23.8 Å². The van der Waals surface area contributed by atoms with Crippen molar-refractivity contribution in [3.8, 4) is 11.8 Å². The minimum Gasteiger partial charge on any atom is -0.495 e. The minimum absolute atomic E-state index is 0.224. The lowest BCUT2D eigenvalue weighted by Crippen LogP contribution is -2.33. The molecule has 0 unspecified atom stereocenters. The molecule has 1 fully saturated rings. The second kappa shape index (κ2) is 5.09. The SMILES string of the molecule is COc1ccc(C)cc1N1CCC(C#N)CC1. The van der Waals surface area contributed by atoms with E-state index in [2.05, 4.69) is 30.0 Å². The van der Waals surface area contributed by atoms with E-state index in [1.54, 1.807) is 7.11 Å². The molecule has 17 heavy (non-hydrogen) atoms. The van der Waals surface area contributed by atoms with Crippen LogP contribution < -0.4 is 9.64 Å². The Morgan fingerprint density at radius 1 is 1.35 bits per heavy atom. The predicted octanol–water partition coefficient (Wildman–Crippen LogP) is 2.74. The van der Waals surface area contributed by atoms with Crippen LogP contribution in [0.2, 0.25) is 0 Å². The molecule has 0 aromatic heterocycles. The highest BCUT2D eigenvalue weighted by Gasteiger charge is 2.21. The average Bonchev–Trinajstić information content (AvgIpc) is 2.39. The molecule has 0 amide bonds. The number of rotatable bonds is 2. The third-order valence-electron chi connectivity index (χ3n) is 3.35. The molecule has 0 aliphatic carbocycles. The zero-order valence-electron chi connectivity index (χ0n) is 10.4. The summed E-state index contributed by atoms with van der Waals surface area (Å²) >= 11 is 0. The van der Waals surface area contributed by atoms with Crippen molar-refractivity contribution in [3.63, 3.8) is 0 Å². The first kappa shape index (κ1) is 11.8. The van der Waals surface area contributed by atoms with Gasteiger partial charge in [-0.3, -0.25) is 0 Å². The zero-order valence-corrected chi connectivity index (χ0v) is 10.4. The summed E-state index contributed by atoms with van der Waals surface area (Å²) in [5.41, 5.74) is 2.40. The lowest BCUT2D eigenvalue weighted by atomic mass is 9.98. The highest BCUT2D eigenvalue weighted by Crippen LogP contribution is 2.32. The Balaban J connectivity index is 2.18. The Hall–Kier alpha value is -1.69. The molecule has 0 saturated carbocycles. The molecule has 3 nitrogen and oxygen atoms in total. The summed E-state index contributed by atoms with van der Waals surface area (Å²) in [6.07, 6.45) is 1.90. The fourth-order valence-electron chi connectivity index (χ4n) is 2.30. The zero-order chi connectivity index (χ0) is 12.3. The molecule has 0 radical (unpaired) electrons. The standard InChI is InChI=1S/C14H18N2O/c1-11-3-4-14(17-2)13(9-11)16-7-5-12(10-15)6-8-16/h3-4,9,12H,5-8H2,1-2H3. The van der Waals surface area contributed by atoms with Crippen LogP contribution in [0.3, 0.4) is 0 Å². The van der Waals surface area contributed by atoms with Gasteiger partial charge in [-0.25, -0.2) is 0 Å². The van der Waals surface area contributed by atoms with E-state index in [1.165, 1.54) is 5.56 Å². The topological polar surface area (TPSA) is 36.3 Å². The van der Waals surface area contributed by atoms with Crippen LogP contribution in [0.5, 0.6) is 5.75 Å². The maximum Gasteiger partial charge on any atom is 0.142 e. The van der Waals surface area contributed by atoms with Crippen molar-refractivity contribution in [2.75, 3.05) is 25.1 Å². The van der Waals surface area contributed by atoms with E-state index in [-0.39, 0.29) is 5.92 Å². The third kappa shape index (κ3) is 2.52. The Kier molecular flexibility index (Phi) is 3.53. The van der Waals surface area contributed by atoms with E-state index in [9.17, 15) is 0 Å². The fraction of sp³-hybridized carbons (Fsp3) is 0.500. The van der Waals surface area contributed by atoms with Crippen molar-refractivity contribution >= 4 is 5.69 Å². The van der Waals surface area contributed by atoms with Crippen LogP contribution in [0.1, 0.15) is 18.4 Å². The molecular weight excluding hydrogens is 212 g/mol. The van der Waals surface area contributed by atoms with E-state index < -0.39 is 0 Å². The second-order valence-corrected chi connectivity index (χ2v) is 4.57. The van der Waals surface area contributed by atoms with Crippen molar-refractivity contribution in [2.24, 2.45) is 5.92 Å². The van der Waals surface area contributed by atoms with Gasteiger partial charge in [0.25, 0.3) is 0 Å². The molecular formula is C14H18N2O. The molecule has 0 atom stereocenters. The van der Waals surface area contributed by atoms with Crippen molar-refractivity contribution in [1.82, 2.24) is 0 Å². The molecule has 1 aromatic rings. The quantitative estimate of drug-likeness (QED) is 0.783. The Morgan fingerprint density at radius 3 is 2.65 bits per heavy atom. The lowest BCUT2D eigenvalue weighted by molar-refractivity contribution is 0.410. The molecule has 3 heteroatoms. The number of ether oxygens (including phenoxy) is 1. The summed E-state index contributed by atoms with van der Waals surface area (Å²) in [5.74, 6) is 1.15. The first-order valence-corrected chi connectivity index (χ1v) is 6.04. The number of piperidine rings is 1. The molecule has 0 N–H and O–H groups in total. The molecule has 1 aliphatic rings. The van der Waals surface area contributed by atoms with Crippen molar-refractivity contribution < 1.29 is 4.74 Å². The smallest absolute Gasteiger partial charge is 0.142 e.